The van der Waals surface area contributed by atoms with Crippen LogP contribution in [-0.4, -0.2) is 15.0 Å². The van der Waals surface area contributed by atoms with Gasteiger partial charge in [-0.3, -0.25) is 0 Å². The predicted octanol–water partition coefficient (Wildman–Crippen LogP) is 3.59. The Morgan fingerprint density at radius 3 is 2.27 bits per heavy atom. The second kappa shape index (κ2) is 6.28. The monoisotopic (exact) mass is 312 g/mol. The Kier molecular flexibility index (Phi) is 4.02. The molecule has 0 aliphatic heterocycles. The SMILES string of the molecule is Nc1c(Nc2ccc(Cl)cc2)ncnc1Nc1ccccn1. The summed E-state index contributed by atoms with van der Waals surface area (Å²) in [5.41, 5.74) is 7.34. The number of nitrogens with zero attached hydrogens (tertiary/aromatic N) is 3. The summed E-state index contributed by atoms with van der Waals surface area (Å²) < 4.78 is 0. The van der Waals surface area contributed by atoms with Crippen molar-refractivity contribution in [2.75, 3.05) is 16.4 Å². The van der Waals surface area contributed by atoms with Crippen LogP contribution >= 0.6 is 11.6 Å². The van der Waals surface area contributed by atoms with Crippen LogP contribution < -0.4 is 16.4 Å². The van der Waals surface area contributed by atoms with E-state index in [1.165, 1.54) is 6.33 Å². The van der Waals surface area contributed by atoms with Gasteiger partial charge in [0.2, 0.25) is 0 Å². The number of hydrogen-bond acceptors (Lipinski definition) is 6. The highest BCUT2D eigenvalue weighted by Gasteiger charge is 2.09. The Hall–Kier alpha value is -2.86. The molecule has 22 heavy (non-hydrogen) atoms. The van der Waals surface area contributed by atoms with Crippen LogP contribution in [0.4, 0.5) is 28.8 Å². The molecule has 0 aliphatic rings. The van der Waals surface area contributed by atoms with Crippen molar-refractivity contribution in [3.05, 3.63) is 60.0 Å². The Morgan fingerprint density at radius 2 is 1.59 bits per heavy atom. The van der Waals surface area contributed by atoms with Gasteiger partial charge in [-0.05, 0) is 36.4 Å². The Labute approximate surface area is 132 Å². The molecule has 0 saturated carbocycles. The van der Waals surface area contributed by atoms with E-state index in [2.05, 4.69) is 25.6 Å². The first-order chi connectivity index (χ1) is 10.7. The lowest BCUT2D eigenvalue weighted by Crippen LogP contribution is -2.05. The summed E-state index contributed by atoms with van der Waals surface area (Å²) in [4.78, 5) is 12.5. The number of aromatic nitrogens is 3. The Bertz CT molecular complexity index is 761. The number of nitrogen functional groups attached to an aromatic ring is 1. The molecule has 0 aliphatic carbocycles. The normalized spacial score (nSPS) is 10.2. The molecule has 0 saturated heterocycles. The summed E-state index contributed by atoms with van der Waals surface area (Å²) in [5.74, 6) is 1.66. The fraction of sp³-hybridized carbons (Fsp3) is 0. The lowest BCUT2D eigenvalue weighted by Gasteiger charge is -2.12. The molecule has 2 heterocycles. The van der Waals surface area contributed by atoms with E-state index in [0.717, 1.165) is 5.69 Å². The van der Waals surface area contributed by atoms with Crippen molar-refractivity contribution >= 4 is 40.4 Å². The molecule has 0 unspecified atom stereocenters. The van der Waals surface area contributed by atoms with Gasteiger partial charge in [0.1, 0.15) is 17.8 Å². The maximum absolute atomic E-state index is 6.11. The molecule has 6 nitrogen and oxygen atoms in total. The van der Waals surface area contributed by atoms with Gasteiger partial charge in [0.15, 0.2) is 11.6 Å². The summed E-state index contributed by atoms with van der Waals surface area (Å²) in [7, 11) is 0. The van der Waals surface area contributed by atoms with Crippen LogP contribution in [0.1, 0.15) is 0 Å². The smallest absolute Gasteiger partial charge is 0.160 e. The zero-order valence-electron chi connectivity index (χ0n) is 11.5. The molecule has 1 aromatic carbocycles. The van der Waals surface area contributed by atoms with Crippen molar-refractivity contribution in [2.24, 2.45) is 0 Å². The van der Waals surface area contributed by atoms with Gasteiger partial charge in [-0.15, -0.1) is 0 Å². The number of halogens is 1. The van der Waals surface area contributed by atoms with Crippen molar-refractivity contribution in [1.82, 2.24) is 15.0 Å². The van der Waals surface area contributed by atoms with Gasteiger partial charge in [-0.1, -0.05) is 17.7 Å². The molecular formula is C15H13ClN6. The van der Waals surface area contributed by atoms with Crippen LogP contribution in [0.2, 0.25) is 5.02 Å². The van der Waals surface area contributed by atoms with Gasteiger partial charge in [-0.25, -0.2) is 15.0 Å². The highest BCUT2D eigenvalue weighted by molar-refractivity contribution is 6.30. The Morgan fingerprint density at radius 1 is 0.864 bits per heavy atom. The van der Waals surface area contributed by atoms with E-state index in [0.29, 0.717) is 28.2 Å². The first-order valence-corrected chi connectivity index (χ1v) is 6.91. The summed E-state index contributed by atoms with van der Waals surface area (Å²) in [6.07, 6.45) is 3.12. The first-order valence-electron chi connectivity index (χ1n) is 6.53. The number of hydrogen-bond donors (Lipinski definition) is 3. The third kappa shape index (κ3) is 3.24. The summed E-state index contributed by atoms with van der Waals surface area (Å²) >= 11 is 5.87. The van der Waals surface area contributed by atoms with Crippen LogP contribution in [-0.2, 0) is 0 Å². The topological polar surface area (TPSA) is 88.8 Å². The van der Waals surface area contributed by atoms with E-state index >= 15 is 0 Å². The molecule has 110 valence electrons. The quantitative estimate of drug-likeness (QED) is 0.682. The number of rotatable bonds is 4. The molecule has 0 amide bonds. The molecule has 3 aromatic rings. The highest BCUT2D eigenvalue weighted by Crippen LogP contribution is 2.27. The summed E-state index contributed by atoms with van der Waals surface area (Å²) in [5, 5.41) is 6.86. The van der Waals surface area contributed by atoms with Gasteiger partial charge in [0.05, 0.1) is 0 Å². The maximum Gasteiger partial charge on any atom is 0.160 e. The zero-order chi connectivity index (χ0) is 15.4. The second-order valence-electron chi connectivity index (χ2n) is 4.46. The molecule has 4 N–H and O–H groups in total. The fourth-order valence-electron chi connectivity index (χ4n) is 1.82. The minimum absolute atomic E-state index is 0.406. The van der Waals surface area contributed by atoms with Gasteiger partial charge in [0, 0.05) is 16.9 Å². The zero-order valence-corrected chi connectivity index (χ0v) is 12.2. The summed E-state index contributed by atoms with van der Waals surface area (Å²) in [6.45, 7) is 0. The first kappa shape index (κ1) is 14.1. The van der Waals surface area contributed by atoms with E-state index in [9.17, 15) is 0 Å². The number of nitrogens with two attached hydrogens (primary N) is 1. The van der Waals surface area contributed by atoms with Gasteiger partial charge < -0.3 is 16.4 Å². The number of benzene rings is 1. The predicted molar refractivity (Wildman–Crippen MR) is 88.7 cm³/mol. The van der Waals surface area contributed by atoms with Crippen LogP contribution in [0.3, 0.4) is 0 Å². The molecule has 2 aromatic heterocycles. The lowest BCUT2D eigenvalue weighted by molar-refractivity contribution is 1.16. The van der Waals surface area contributed by atoms with Gasteiger partial charge in [-0.2, -0.15) is 0 Å². The molecule has 0 atom stereocenters. The standard InChI is InChI=1S/C15H13ClN6/c16-10-4-6-11(7-5-10)21-14-13(17)15(20-9-19-14)22-12-3-1-2-8-18-12/h1-9H,17H2,(H2,18,19,20,21,22). The van der Waals surface area contributed by atoms with Crippen LogP contribution in [0.15, 0.2) is 55.0 Å². The van der Waals surface area contributed by atoms with Crippen molar-refractivity contribution in [2.45, 2.75) is 0 Å². The van der Waals surface area contributed by atoms with E-state index in [4.69, 9.17) is 17.3 Å². The highest BCUT2D eigenvalue weighted by atomic mass is 35.5. The van der Waals surface area contributed by atoms with Crippen molar-refractivity contribution in [3.63, 3.8) is 0 Å². The number of nitrogens with one attached hydrogen (secondary N) is 2. The Balaban J connectivity index is 1.84. The minimum Gasteiger partial charge on any atom is -0.393 e. The van der Waals surface area contributed by atoms with Gasteiger partial charge in [0.25, 0.3) is 0 Å². The van der Waals surface area contributed by atoms with E-state index < -0.39 is 0 Å². The molecule has 0 radical (unpaired) electrons. The van der Waals surface area contributed by atoms with Crippen molar-refractivity contribution < 1.29 is 0 Å². The largest absolute Gasteiger partial charge is 0.393 e. The number of anilines is 5. The average molecular weight is 313 g/mol. The molecule has 3 rings (SSSR count). The van der Waals surface area contributed by atoms with E-state index in [-0.39, 0.29) is 0 Å². The second-order valence-corrected chi connectivity index (χ2v) is 4.89. The van der Waals surface area contributed by atoms with Gasteiger partial charge >= 0.3 is 0 Å². The minimum atomic E-state index is 0.406. The average Bonchev–Trinajstić information content (AvgIpc) is 2.54. The third-order valence-electron chi connectivity index (χ3n) is 2.90. The molecular weight excluding hydrogens is 300 g/mol. The maximum atomic E-state index is 6.11. The molecule has 0 spiro atoms. The van der Waals surface area contributed by atoms with E-state index in [1.54, 1.807) is 18.3 Å². The molecule has 0 fully saturated rings. The number of pyridine rings is 1. The molecule has 0 bridgehead atoms. The fourth-order valence-corrected chi connectivity index (χ4v) is 1.95. The third-order valence-corrected chi connectivity index (χ3v) is 3.15. The van der Waals surface area contributed by atoms with E-state index in [1.807, 2.05) is 30.3 Å². The lowest BCUT2D eigenvalue weighted by atomic mass is 10.3. The van der Waals surface area contributed by atoms with Crippen LogP contribution in [0, 0.1) is 0 Å². The van der Waals surface area contributed by atoms with Crippen LogP contribution in [0.25, 0.3) is 0 Å². The molecule has 7 heteroatoms. The summed E-state index contributed by atoms with van der Waals surface area (Å²) in [6, 6.07) is 12.8. The van der Waals surface area contributed by atoms with Crippen molar-refractivity contribution in [1.29, 1.82) is 0 Å². The van der Waals surface area contributed by atoms with Crippen LogP contribution in [0.5, 0.6) is 0 Å². The van der Waals surface area contributed by atoms with Crippen molar-refractivity contribution in [3.8, 4) is 0 Å².